The summed E-state index contributed by atoms with van der Waals surface area (Å²) in [5.41, 5.74) is -0.0481. The molecule has 1 aromatic heterocycles. The summed E-state index contributed by atoms with van der Waals surface area (Å²) in [5, 5.41) is 2.55. The number of aromatic nitrogens is 1. The largest absolute Gasteiger partial charge is 0.497 e. The van der Waals surface area contributed by atoms with Crippen molar-refractivity contribution >= 4 is 5.91 Å². The van der Waals surface area contributed by atoms with Gasteiger partial charge in [0, 0.05) is 12.5 Å². The van der Waals surface area contributed by atoms with Crippen LogP contribution in [0.2, 0.25) is 0 Å². The summed E-state index contributed by atoms with van der Waals surface area (Å²) in [6, 6.07) is 4.06. The molecule has 0 spiro atoms. The molecule has 1 N–H and O–H groups in total. The van der Waals surface area contributed by atoms with E-state index >= 15 is 0 Å². The lowest BCUT2D eigenvalue weighted by Gasteiger charge is -2.06. The maximum atomic E-state index is 13.7. The minimum atomic E-state index is -0.636. The van der Waals surface area contributed by atoms with Gasteiger partial charge in [-0.15, -0.1) is 0 Å². The predicted molar refractivity (Wildman–Crippen MR) is 70.0 cm³/mol. The Morgan fingerprint density at radius 3 is 2.90 bits per heavy atom. The van der Waals surface area contributed by atoms with Gasteiger partial charge in [0.15, 0.2) is 0 Å². The van der Waals surface area contributed by atoms with Gasteiger partial charge in [0.05, 0.1) is 25.4 Å². The topological polar surface area (TPSA) is 64.4 Å². The minimum absolute atomic E-state index is 0.0481. The highest BCUT2D eigenvalue weighted by Gasteiger charge is 2.13. The standard InChI is InChI=1S/C14H15FN2O3/c1-3-9-7-16-13(20-9)8-17-14(18)11-5-4-10(19-2)6-12(11)15/h4-7H,3,8H2,1-2H3,(H,17,18). The monoisotopic (exact) mass is 278 g/mol. The Labute approximate surface area is 115 Å². The SMILES string of the molecule is CCc1cnc(CNC(=O)c2ccc(OC)cc2F)o1. The fourth-order valence-electron chi connectivity index (χ4n) is 1.65. The number of halogens is 1. The Kier molecular flexibility index (Phi) is 4.34. The van der Waals surface area contributed by atoms with E-state index in [0.29, 0.717) is 11.6 Å². The zero-order chi connectivity index (χ0) is 14.5. The molecule has 0 saturated heterocycles. The van der Waals surface area contributed by atoms with Gasteiger partial charge >= 0.3 is 0 Å². The number of methoxy groups -OCH3 is 1. The van der Waals surface area contributed by atoms with Crippen LogP contribution in [0.3, 0.4) is 0 Å². The molecule has 0 radical (unpaired) electrons. The number of rotatable bonds is 5. The van der Waals surface area contributed by atoms with Gasteiger partial charge in [-0.25, -0.2) is 9.37 Å². The van der Waals surface area contributed by atoms with Gasteiger partial charge in [0.25, 0.3) is 5.91 Å². The molecule has 1 aromatic carbocycles. The first kappa shape index (κ1) is 14.0. The lowest BCUT2D eigenvalue weighted by Crippen LogP contribution is -2.24. The van der Waals surface area contributed by atoms with E-state index in [0.717, 1.165) is 18.2 Å². The molecular formula is C14H15FN2O3. The highest BCUT2D eigenvalue weighted by Crippen LogP contribution is 2.16. The first-order valence-corrected chi connectivity index (χ1v) is 6.19. The van der Waals surface area contributed by atoms with Crippen molar-refractivity contribution in [1.29, 1.82) is 0 Å². The second kappa shape index (κ2) is 6.18. The Hall–Kier alpha value is -2.37. The summed E-state index contributed by atoms with van der Waals surface area (Å²) in [6.07, 6.45) is 2.34. The lowest BCUT2D eigenvalue weighted by atomic mass is 10.2. The van der Waals surface area contributed by atoms with Crippen LogP contribution in [0, 0.1) is 5.82 Å². The molecule has 5 nitrogen and oxygen atoms in total. The van der Waals surface area contributed by atoms with Crippen molar-refractivity contribution in [2.45, 2.75) is 19.9 Å². The average molecular weight is 278 g/mol. The molecule has 1 amide bonds. The maximum absolute atomic E-state index is 13.7. The number of hydrogen-bond acceptors (Lipinski definition) is 4. The van der Waals surface area contributed by atoms with Gasteiger partial charge in [-0.1, -0.05) is 6.92 Å². The molecule has 0 saturated carbocycles. The zero-order valence-corrected chi connectivity index (χ0v) is 11.3. The number of amides is 1. The number of carbonyl (C=O) groups excluding carboxylic acids is 1. The van der Waals surface area contributed by atoms with E-state index in [2.05, 4.69) is 10.3 Å². The summed E-state index contributed by atoms with van der Waals surface area (Å²) < 4.78 is 23.9. The third-order valence-corrected chi connectivity index (χ3v) is 2.77. The quantitative estimate of drug-likeness (QED) is 0.911. The van der Waals surface area contributed by atoms with Crippen LogP contribution >= 0.6 is 0 Å². The van der Waals surface area contributed by atoms with Crippen molar-refractivity contribution in [1.82, 2.24) is 10.3 Å². The van der Waals surface area contributed by atoms with Crippen LogP contribution in [0.15, 0.2) is 28.8 Å². The van der Waals surface area contributed by atoms with Crippen LogP contribution in [0.25, 0.3) is 0 Å². The van der Waals surface area contributed by atoms with E-state index < -0.39 is 11.7 Å². The number of oxazole rings is 1. The fraction of sp³-hybridized carbons (Fsp3) is 0.286. The molecular weight excluding hydrogens is 263 g/mol. The second-order valence-electron chi connectivity index (χ2n) is 4.10. The second-order valence-corrected chi connectivity index (χ2v) is 4.10. The molecule has 2 aromatic rings. The van der Waals surface area contributed by atoms with Crippen molar-refractivity contribution < 1.29 is 18.3 Å². The van der Waals surface area contributed by atoms with E-state index in [1.807, 2.05) is 6.92 Å². The third-order valence-electron chi connectivity index (χ3n) is 2.77. The van der Waals surface area contributed by atoms with Crippen LogP contribution in [0.1, 0.15) is 28.9 Å². The van der Waals surface area contributed by atoms with E-state index in [1.54, 1.807) is 6.20 Å². The summed E-state index contributed by atoms with van der Waals surface area (Å²) in [4.78, 5) is 15.9. The smallest absolute Gasteiger partial charge is 0.254 e. The van der Waals surface area contributed by atoms with Crippen LogP contribution in [0.4, 0.5) is 4.39 Å². The Balaban J connectivity index is 2.01. The predicted octanol–water partition coefficient (Wildman–Crippen LogP) is 2.31. The van der Waals surface area contributed by atoms with Crippen molar-refractivity contribution in [3.05, 3.63) is 47.4 Å². The molecule has 0 unspecified atom stereocenters. The van der Waals surface area contributed by atoms with E-state index in [-0.39, 0.29) is 12.1 Å². The lowest BCUT2D eigenvalue weighted by molar-refractivity contribution is 0.0943. The van der Waals surface area contributed by atoms with Gasteiger partial charge in [0.1, 0.15) is 17.3 Å². The highest BCUT2D eigenvalue weighted by atomic mass is 19.1. The molecule has 0 bridgehead atoms. The molecule has 0 aliphatic rings. The number of nitrogens with zero attached hydrogens (tertiary/aromatic N) is 1. The van der Waals surface area contributed by atoms with E-state index in [9.17, 15) is 9.18 Å². The number of hydrogen-bond donors (Lipinski definition) is 1. The number of ether oxygens (including phenoxy) is 1. The summed E-state index contributed by atoms with van der Waals surface area (Å²) in [6.45, 7) is 2.06. The molecule has 2 rings (SSSR count). The first-order valence-electron chi connectivity index (χ1n) is 6.19. The number of benzene rings is 1. The van der Waals surface area contributed by atoms with Crippen LogP contribution in [-0.2, 0) is 13.0 Å². The van der Waals surface area contributed by atoms with E-state index in [4.69, 9.17) is 9.15 Å². The first-order chi connectivity index (χ1) is 9.63. The average Bonchev–Trinajstić information content (AvgIpc) is 2.92. The van der Waals surface area contributed by atoms with Crippen LogP contribution < -0.4 is 10.1 Å². The van der Waals surface area contributed by atoms with Gasteiger partial charge in [-0.3, -0.25) is 4.79 Å². The van der Waals surface area contributed by atoms with Gasteiger partial charge < -0.3 is 14.5 Å². The van der Waals surface area contributed by atoms with Gasteiger partial charge in [-0.05, 0) is 12.1 Å². The molecule has 6 heteroatoms. The molecule has 0 fully saturated rings. The Morgan fingerprint density at radius 2 is 2.30 bits per heavy atom. The molecule has 0 aliphatic heterocycles. The number of aryl methyl sites for hydroxylation is 1. The highest BCUT2D eigenvalue weighted by molar-refractivity contribution is 5.94. The summed E-state index contributed by atoms with van der Waals surface area (Å²) in [7, 11) is 1.43. The fourth-order valence-corrected chi connectivity index (χ4v) is 1.65. The van der Waals surface area contributed by atoms with Gasteiger partial charge in [-0.2, -0.15) is 0 Å². The molecule has 0 aliphatic carbocycles. The van der Waals surface area contributed by atoms with Crippen molar-refractivity contribution in [2.75, 3.05) is 7.11 Å². The van der Waals surface area contributed by atoms with Crippen molar-refractivity contribution in [2.24, 2.45) is 0 Å². The Morgan fingerprint density at radius 1 is 1.50 bits per heavy atom. The van der Waals surface area contributed by atoms with E-state index in [1.165, 1.54) is 19.2 Å². The number of nitrogens with one attached hydrogen (secondary N) is 1. The van der Waals surface area contributed by atoms with Crippen molar-refractivity contribution in [3.8, 4) is 5.75 Å². The molecule has 1 heterocycles. The molecule has 106 valence electrons. The third kappa shape index (κ3) is 3.14. The van der Waals surface area contributed by atoms with Gasteiger partial charge in [0.2, 0.25) is 5.89 Å². The number of carbonyl (C=O) groups is 1. The summed E-state index contributed by atoms with van der Waals surface area (Å²) in [5.74, 6) is 0.332. The Bertz CT molecular complexity index is 610. The maximum Gasteiger partial charge on any atom is 0.254 e. The summed E-state index contributed by atoms with van der Waals surface area (Å²) >= 11 is 0. The van der Waals surface area contributed by atoms with Crippen molar-refractivity contribution in [3.63, 3.8) is 0 Å². The van der Waals surface area contributed by atoms with Crippen LogP contribution in [0.5, 0.6) is 5.75 Å². The molecule has 0 atom stereocenters. The minimum Gasteiger partial charge on any atom is -0.497 e. The molecule has 20 heavy (non-hydrogen) atoms. The normalized spacial score (nSPS) is 10.3. The van der Waals surface area contributed by atoms with Crippen LogP contribution in [-0.4, -0.2) is 18.0 Å². The zero-order valence-electron chi connectivity index (χ0n) is 11.3.